The molecule has 0 spiro atoms. The number of alkyl halides is 1. The van der Waals surface area contributed by atoms with Gasteiger partial charge in [-0.1, -0.05) is 6.07 Å². The van der Waals surface area contributed by atoms with Crippen molar-refractivity contribution in [2.24, 2.45) is 0 Å². The average Bonchev–Trinajstić information content (AvgIpc) is 1.95. The second kappa shape index (κ2) is 5.39. The predicted molar refractivity (Wildman–Crippen MR) is 50.6 cm³/mol. The van der Waals surface area contributed by atoms with Crippen molar-refractivity contribution in [2.45, 2.75) is 13.3 Å². The maximum Gasteiger partial charge on any atom is 0.0372 e. The van der Waals surface area contributed by atoms with E-state index in [9.17, 15) is 0 Å². The van der Waals surface area contributed by atoms with Gasteiger partial charge in [-0.25, -0.2) is 0 Å². The lowest BCUT2D eigenvalue weighted by molar-refractivity contribution is 1.08. The molecule has 1 rings (SSSR count). The Balaban J connectivity index is 0.000001000. The van der Waals surface area contributed by atoms with Gasteiger partial charge in [0.2, 0.25) is 0 Å². The molecule has 1 aromatic rings. The van der Waals surface area contributed by atoms with Gasteiger partial charge in [-0.05, 0) is 25.0 Å². The monoisotopic (exact) mass is 191 g/mol. The number of aromatic nitrogens is 1. The fourth-order valence-corrected chi connectivity index (χ4v) is 0.974. The lowest BCUT2D eigenvalue weighted by Gasteiger charge is -1.95. The number of rotatable bonds is 2. The van der Waals surface area contributed by atoms with Crippen LogP contribution in [0.5, 0.6) is 0 Å². The zero-order valence-corrected chi connectivity index (χ0v) is 7.95. The number of nitrogens with zero attached hydrogens (tertiary/aromatic N) is 1. The van der Waals surface area contributed by atoms with E-state index in [1.807, 2.05) is 19.2 Å². The molecule has 0 bridgehead atoms. The molecule has 0 atom stereocenters. The van der Waals surface area contributed by atoms with Crippen molar-refractivity contribution < 1.29 is 0 Å². The molecule has 0 amide bonds. The molecule has 0 fully saturated rings. The summed E-state index contributed by atoms with van der Waals surface area (Å²) in [5, 5.41) is 0. The molecular weight excluding hydrogens is 181 g/mol. The maximum absolute atomic E-state index is 5.55. The summed E-state index contributed by atoms with van der Waals surface area (Å²) >= 11 is 5.55. The number of aryl methyl sites for hydroxylation is 2. The van der Waals surface area contributed by atoms with Crippen LogP contribution in [0.15, 0.2) is 18.3 Å². The smallest absolute Gasteiger partial charge is 0.0372 e. The molecular formula is C8H11Cl2N. The van der Waals surface area contributed by atoms with Crippen LogP contribution < -0.4 is 0 Å². The average molecular weight is 192 g/mol. The predicted octanol–water partition coefficient (Wildman–Crippen LogP) is 2.59. The summed E-state index contributed by atoms with van der Waals surface area (Å²) in [7, 11) is 0. The van der Waals surface area contributed by atoms with Crippen molar-refractivity contribution >= 4 is 24.0 Å². The first-order valence-electron chi connectivity index (χ1n) is 3.30. The van der Waals surface area contributed by atoms with E-state index in [2.05, 4.69) is 11.1 Å². The molecule has 0 N–H and O–H groups in total. The normalized spacial score (nSPS) is 8.91. The summed E-state index contributed by atoms with van der Waals surface area (Å²) in [6.07, 6.45) is 2.78. The number of hydrogen-bond donors (Lipinski definition) is 0. The van der Waals surface area contributed by atoms with Crippen molar-refractivity contribution in [1.29, 1.82) is 0 Å². The highest BCUT2D eigenvalue weighted by Gasteiger charge is 1.89. The van der Waals surface area contributed by atoms with Gasteiger partial charge in [-0.2, -0.15) is 0 Å². The van der Waals surface area contributed by atoms with Crippen molar-refractivity contribution in [3.63, 3.8) is 0 Å². The summed E-state index contributed by atoms with van der Waals surface area (Å²) < 4.78 is 0. The lowest BCUT2D eigenvalue weighted by Crippen LogP contribution is -1.87. The van der Waals surface area contributed by atoms with E-state index in [1.54, 1.807) is 0 Å². The Labute approximate surface area is 78.2 Å². The Morgan fingerprint density at radius 2 is 2.18 bits per heavy atom. The minimum Gasteiger partial charge on any atom is -0.261 e. The second-order valence-electron chi connectivity index (χ2n) is 2.25. The molecule has 11 heavy (non-hydrogen) atoms. The van der Waals surface area contributed by atoms with Gasteiger partial charge in [0.15, 0.2) is 0 Å². The molecule has 0 radical (unpaired) electrons. The van der Waals surface area contributed by atoms with Crippen molar-refractivity contribution in [3.8, 4) is 0 Å². The third-order valence-corrected chi connectivity index (χ3v) is 1.54. The van der Waals surface area contributed by atoms with Crippen molar-refractivity contribution in [1.82, 2.24) is 4.98 Å². The van der Waals surface area contributed by atoms with Crippen LogP contribution in [0.2, 0.25) is 0 Å². The third-order valence-electron chi connectivity index (χ3n) is 1.36. The molecule has 0 aromatic carbocycles. The van der Waals surface area contributed by atoms with E-state index in [-0.39, 0.29) is 12.4 Å². The Kier molecular flexibility index (Phi) is 5.26. The maximum atomic E-state index is 5.55. The molecule has 1 nitrogen and oxygen atoms in total. The standard InChI is InChI=1S/C8H10ClN.ClH/c1-7-2-3-8(4-5-9)6-10-7;/h2-3,6H,4-5H2,1H3;1H. The lowest BCUT2D eigenvalue weighted by atomic mass is 10.2. The van der Waals surface area contributed by atoms with Gasteiger partial charge in [0.1, 0.15) is 0 Å². The highest BCUT2D eigenvalue weighted by atomic mass is 35.5. The summed E-state index contributed by atoms with van der Waals surface area (Å²) in [5.41, 5.74) is 2.26. The van der Waals surface area contributed by atoms with Crippen LogP contribution in [-0.4, -0.2) is 10.9 Å². The largest absolute Gasteiger partial charge is 0.261 e. The topological polar surface area (TPSA) is 12.9 Å². The van der Waals surface area contributed by atoms with E-state index < -0.39 is 0 Å². The van der Waals surface area contributed by atoms with E-state index >= 15 is 0 Å². The molecule has 0 aliphatic heterocycles. The fourth-order valence-electron chi connectivity index (χ4n) is 0.755. The molecule has 0 aliphatic rings. The molecule has 62 valence electrons. The zero-order valence-electron chi connectivity index (χ0n) is 6.38. The van der Waals surface area contributed by atoms with Gasteiger partial charge >= 0.3 is 0 Å². The van der Waals surface area contributed by atoms with Gasteiger partial charge in [-0.3, -0.25) is 4.98 Å². The Morgan fingerprint density at radius 1 is 1.45 bits per heavy atom. The van der Waals surface area contributed by atoms with E-state index in [4.69, 9.17) is 11.6 Å². The minimum absolute atomic E-state index is 0. The highest BCUT2D eigenvalue weighted by Crippen LogP contribution is 2.00. The number of pyridine rings is 1. The number of halogens is 2. The van der Waals surface area contributed by atoms with Crippen LogP contribution in [0.4, 0.5) is 0 Å². The Hall–Kier alpha value is -0.270. The summed E-state index contributed by atoms with van der Waals surface area (Å²) in [6, 6.07) is 4.06. The first-order chi connectivity index (χ1) is 4.83. The first kappa shape index (κ1) is 10.7. The van der Waals surface area contributed by atoms with Crippen molar-refractivity contribution in [3.05, 3.63) is 29.6 Å². The van der Waals surface area contributed by atoms with Gasteiger partial charge in [-0.15, -0.1) is 24.0 Å². The molecule has 0 unspecified atom stereocenters. The van der Waals surface area contributed by atoms with Crippen LogP contribution in [-0.2, 0) is 6.42 Å². The first-order valence-corrected chi connectivity index (χ1v) is 3.84. The van der Waals surface area contributed by atoms with Crippen LogP contribution in [0.25, 0.3) is 0 Å². The van der Waals surface area contributed by atoms with E-state index in [1.165, 1.54) is 5.56 Å². The third kappa shape index (κ3) is 3.59. The Morgan fingerprint density at radius 3 is 2.64 bits per heavy atom. The molecule has 1 aromatic heterocycles. The quantitative estimate of drug-likeness (QED) is 0.656. The van der Waals surface area contributed by atoms with Crippen LogP contribution >= 0.6 is 24.0 Å². The SMILES string of the molecule is Cc1ccc(CCCl)cn1.Cl. The van der Waals surface area contributed by atoms with Crippen molar-refractivity contribution in [2.75, 3.05) is 5.88 Å². The van der Waals surface area contributed by atoms with Crippen LogP contribution in [0, 0.1) is 6.92 Å². The Bertz CT molecular complexity index is 196. The van der Waals surface area contributed by atoms with Gasteiger partial charge < -0.3 is 0 Å². The molecule has 1 heterocycles. The molecule has 3 heteroatoms. The molecule has 0 aliphatic carbocycles. The van der Waals surface area contributed by atoms with Gasteiger partial charge in [0, 0.05) is 17.8 Å². The summed E-state index contributed by atoms with van der Waals surface area (Å²) in [4.78, 5) is 4.14. The van der Waals surface area contributed by atoms with E-state index in [0.29, 0.717) is 5.88 Å². The number of hydrogen-bond acceptors (Lipinski definition) is 1. The summed E-state index contributed by atoms with van der Waals surface area (Å²) in [5.74, 6) is 0.671. The molecule has 0 saturated carbocycles. The van der Waals surface area contributed by atoms with Gasteiger partial charge in [0.05, 0.1) is 0 Å². The highest BCUT2D eigenvalue weighted by molar-refractivity contribution is 6.17. The zero-order chi connectivity index (χ0) is 7.40. The van der Waals surface area contributed by atoms with E-state index in [0.717, 1.165) is 12.1 Å². The minimum atomic E-state index is 0. The van der Waals surface area contributed by atoms with Crippen LogP contribution in [0.3, 0.4) is 0 Å². The second-order valence-corrected chi connectivity index (χ2v) is 2.62. The molecule has 0 saturated heterocycles. The fraction of sp³-hybridized carbons (Fsp3) is 0.375. The van der Waals surface area contributed by atoms with Crippen LogP contribution in [0.1, 0.15) is 11.3 Å². The summed E-state index contributed by atoms with van der Waals surface area (Å²) in [6.45, 7) is 1.98. The van der Waals surface area contributed by atoms with Gasteiger partial charge in [0.25, 0.3) is 0 Å².